The van der Waals surface area contributed by atoms with Crippen molar-refractivity contribution >= 4 is 15.9 Å². The lowest BCUT2D eigenvalue weighted by molar-refractivity contribution is -0.126. The standard InChI is InChI=1S/C18H24N4O5S/c1-3-26-15-6-4-5-7-16(15)28(24,25)22-10-8-14(9-11-22)18(23)19-12-17-20-13(2)21-27-17/h4-7,14H,3,8-12H2,1-2H3,(H,19,23). The second-order valence-electron chi connectivity index (χ2n) is 6.51. The molecule has 2 heterocycles. The number of carbonyl (C=O) groups is 1. The molecule has 0 spiro atoms. The van der Waals surface area contributed by atoms with Gasteiger partial charge in [0.05, 0.1) is 13.2 Å². The number of ether oxygens (including phenoxy) is 1. The van der Waals surface area contributed by atoms with Crippen LogP contribution in [0.4, 0.5) is 0 Å². The van der Waals surface area contributed by atoms with E-state index in [2.05, 4.69) is 15.5 Å². The lowest BCUT2D eigenvalue weighted by Crippen LogP contribution is -2.43. The molecule has 1 aromatic heterocycles. The minimum absolute atomic E-state index is 0.136. The first kappa shape index (κ1) is 20.3. The Labute approximate surface area is 164 Å². The van der Waals surface area contributed by atoms with Crippen LogP contribution < -0.4 is 10.1 Å². The number of rotatable bonds is 7. The Balaban J connectivity index is 1.59. The molecule has 0 atom stereocenters. The van der Waals surface area contributed by atoms with E-state index < -0.39 is 10.0 Å². The summed E-state index contributed by atoms with van der Waals surface area (Å²) < 4.78 is 37.8. The van der Waals surface area contributed by atoms with E-state index >= 15 is 0 Å². The molecule has 0 aliphatic carbocycles. The summed E-state index contributed by atoms with van der Waals surface area (Å²) in [6, 6.07) is 6.61. The largest absolute Gasteiger partial charge is 0.492 e. The van der Waals surface area contributed by atoms with Gasteiger partial charge in [-0.3, -0.25) is 4.79 Å². The van der Waals surface area contributed by atoms with Gasteiger partial charge in [-0.2, -0.15) is 9.29 Å². The summed E-state index contributed by atoms with van der Waals surface area (Å²) in [6.45, 7) is 4.62. The highest BCUT2D eigenvalue weighted by Crippen LogP contribution is 2.29. The van der Waals surface area contributed by atoms with Crippen LogP contribution in [0, 0.1) is 12.8 Å². The minimum atomic E-state index is -3.67. The van der Waals surface area contributed by atoms with E-state index in [0.717, 1.165) is 0 Å². The predicted molar refractivity (Wildman–Crippen MR) is 100.0 cm³/mol. The van der Waals surface area contributed by atoms with Crippen molar-refractivity contribution in [1.29, 1.82) is 0 Å². The second kappa shape index (κ2) is 8.70. The molecule has 1 amide bonds. The lowest BCUT2D eigenvalue weighted by Gasteiger charge is -2.30. The zero-order chi connectivity index (χ0) is 20.1. The summed E-state index contributed by atoms with van der Waals surface area (Å²) in [5.41, 5.74) is 0. The van der Waals surface area contributed by atoms with E-state index in [4.69, 9.17) is 9.26 Å². The van der Waals surface area contributed by atoms with Gasteiger partial charge in [-0.25, -0.2) is 8.42 Å². The van der Waals surface area contributed by atoms with Gasteiger partial charge in [0.2, 0.25) is 21.8 Å². The third kappa shape index (κ3) is 4.50. The number of nitrogens with one attached hydrogen (secondary N) is 1. The Bertz CT molecular complexity index is 920. The van der Waals surface area contributed by atoms with Crippen LogP contribution >= 0.6 is 0 Å². The Morgan fingerprint density at radius 3 is 2.68 bits per heavy atom. The number of hydrogen-bond donors (Lipinski definition) is 1. The van der Waals surface area contributed by atoms with Gasteiger partial charge in [0.1, 0.15) is 10.6 Å². The zero-order valence-electron chi connectivity index (χ0n) is 15.9. The molecule has 3 rings (SSSR count). The highest BCUT2D eigenvalue weighted by molar-refractivity contribution is 7.89. The molecule has 1 N–H and O–H groups in total. The van der Waals surface area contributed by atoms with E-state index in [0.29, 0.717) is 36.9 Å². The molecule has 1 saturated heterocycles. The van der Waals surface area contributed by atoms with E-state index in [9.17, 15) is 13.2 Å². The van der Waals surface area contributed by atoms with Crippen molar-refractivity contribution in [1.82, 2.24) is 19.8 Å². The summed E-state index contributed by atoms with van der Waals surface area (Å²) in [7, 11) is -3.67. The van der Waals surface area contributed by atoms with E-state index in [1.807, 2.05) is 6.92 Å². The summed E-state index contributed by atoms with van der Waals surface area (Å²) in [5.74, 6) is 0.813. The van der Waals surface area contributed by atoms with Crippen molar-refractivity contribution in [2.24, 2.45) is 5.92 Å². The first-order valence-electron chi connectivity index (χ1n) is 9.20. The van der Waals surface area contributed by atoms with Crippen molar-refractivity contribution in [3.8, 4) is 5.75 Å². The van der Waals surface area contributed by atoms with Crippen molar-refractivity contribution in [2.75, 3.05) is 19.7 Å². The molecule has 1 aromatic carbocycles. The fourth-order valence-electron chi connectivity index (χ4n) is 3.15. The van der Waals surface area contributed by atoms with Crippen LogP contribution in [-0.4, -0.2) is 48.5 Å². The fourth-order valence-corrected chi connectivity index (χ4v) is 4.76. The summed E-state index contributed by atoms with van der Waals surface area (Å²) in [4.78, 5) is 16.6. The van der Waals surface area contributed by atoms with Crippen LogP contribution in [0.5, 0.6) is 5.75 Å². The molecule has 28 heavy (non-hydrogen) atoms. The number of nitrogens with zero attached hydrogens (tertiary/aromatic N) is 3. The van der Waals surface area contributed by atoms with E-state index in [1.165, 1.54) is 4.31 Å². The molecule has 0 radical (unpaired) electrons. The lowest BCUT2D eigenvalue weighted by atomic mass is 9.97. The molecule has 0 unspecified atom stereocenters. The van der Waals surface area contributed by atoms with Gasteiger partial charge in [-0.1, -0.05) is 17.3 Å². The SMILES string of the molecule is CCOc1ccccc1S(=O)(=O)N1CCC(C(=O)NCc2nc(C)no2)CC1. The molecule has 152 valence electrons. The first-order valence-corrected chi connectivity index (χ1v) is 10.6. The van der Waals surface area contributed by atoms with Crippen LogP contribution in [0.1, 0.15) is 31.5 Å². The molecule has 1 aliphatic rings. The normalized spacial score (nSPS) is 16.1. The van der Waals surface area contributed by atoms with Gasteiger partial charge in [0, 0.05) is 19.0 Å². The molecule has 2 aromatic rings. The smallest absolute Gasteiger partial charge is 0.246 e. The highest BCUT2D eigenvalue weighted by atomic mass is 32.2. The van der Waals surface area contributed by atoms with Crippen LogP contribution in [0.25, 0.3) is 0 Å². The maximum atomic E-state index is 13.0. The molecule has 1 fully saturated rings. The Morgan fingerprint density at radius 2 is 2.04 bits per heavy atom. The number of para-hydroxylation sites is 1. The Hall–Kier alpha value is -2.46. The summed E-state index contributed by atoms with van der Waals surface area (Å²) in [6.07, 6.45) is 0.898. The van der Waals surface area contributed by atoms with Gasteiger partial charge >= 0.3 is 0 Å². The molecular formula is C18H24N4O5S. The third-order valence-electron chi connectivity index (χ3n) is 4.58. The predicted octanol–water partition coefficient (Wildman–Crippen LogP) is 1.49. The van der Waals surface area contributed by atoms with Gasteiger partial charge < -0.3 is 14.6 Å². The summed E-state index contributed by atoms with van der Waals surface area (Å²) >= 11 is 0. The van der Waals surface area contributed by atoms with Crippen LogP contribution in [0.3, 0.4) is 0 Å². The second-order valence-corrected chi connectivity index (χ2v) is 8.42. The van der Waals surface area contributed by atoms with Crippen LogP contribution in [-0.2, 0) is 21.4 Å². The molecular weight excluding hydrogens is 384 g/mol. The molecule has 0 saturated carbocycles. The van der Waals surface area contributed by atoms with Gasteiger partial charge in [-0.15, -0.1) is 0 Å². The van der Waals surface area contributed by atoms with Crippen LogP contribution in [0.2, 0.25) is 0 Å². The number of aromatic nitrogens is 2. The average molecular weight is 408 g/mol. The van der Waals surface area contributed by atoms with Gasteiger partial charge in [-0.05, 0) is 38.8 Å². The molecule has 10 heteroatoms. The Morgan fingerprint density at radius 1 is 1.32 bits per heavy atom. The fraction of sp³-hybridized carbons (Fsp3) is 0.500. The monoisotopic (exact) mass is 408 g/mol. The molecule has 9 nitrogen and oxygen atoms in total. The number of carbonyl (C=O) groups excluding carboxylic acids is 1. The molecule has 1 aliphatic heterocycles. The zero-order valence-corrected chi connectivity index (χ0v) is 16.7. The van der Waals surface area contributed by atoms with Crippen molar-refractivity contribution in [3.63, 3.8) is 0 Å². The van der Waals surface area contributed by atoms with E-state index in [1.54, 1.807) is 31.2 Å². The maximum absolute atomic E-state index is 13.0. The average Bonchev–Trinajstić information content (AvgIpc) is 3.12. The number of sulfonamides is 1. The number of aryl methyl sites for hydroxylation is 1. The van der Waals surface area contributed by atoms with Crippen molar-refractivity contribution < 1.29 is 22.5 Å². The van der Waals surface area contributed by atoms with Gasteiger partial charge in [0.15, 0.2) is 5.82 Å². The number of hydrogen-bond acceptors (Lipinski definition) is 7. The van der Waals surface area contributed by atoms with Crippen molar-refractivity contribution in [2.45, 2.75) is 38.1 Å². The number of piperidine rings is 1. The quantitative estimate of drug-likeness (QED) is 0.738. The number of amides is 1. The highest BCUT2D eigenvalue weighted by Gasteiger charge is 2.33. The third-order valence-corrected chi connectivity index (χ3v) is 6.51. The van der Waals surface area contributed by atoms with E-state index in [-0.39, 0.29) is 36.4 Å². The van der Waals surface area contributed by atoms with Crippen LogP contribution in [0.15, 0.2) is 33.7 Å². The topological polar surface area (TPSA) is 115 Å². The minimum Gasteiger partial charge on any atom is -0.492 e. The number of benzene rings is 1. The van der Waals surface area contributed by atoms with Gasteiger partial charge in [0.25, 0.3) is 0 Å². The maximum Gasteiger partial charge on any atom is 0.246 e. The molecule has 0 bridgehead atoms. The first-order chi connectivity index (χ1) is 13.4. The Kier molecular flexibility index (Phi) is 6.30. The summed E-state index contributed by atoms with van der Waals surface area (Å²) in [5, 5.41) is 6.44. The van der Waals surface area contributed by atoms with Crippen molar-refractivity contribution in [3.05, 3.63) is 36.0 Å².